The van der Waals surface area contributed by atoms with E-state index in [1.807, 2.05) is 30.0 Å². The predicted molar refractivity (Wildman–Crippen MR) is 78.0 cm³/mol. The van der Waals surface area contributed by atoms with Crippen LogP contribution in [0.3, 0.4) is 0 Å². The number of amides is 2. The van der Waals surface area contributed by atoms with E-state index in [1.165, 1.54) is 0 Å². The average molecular weight is 295 g/mol. The molecule has 3 rings (SSSR count). The standard InChI is InChI=1S/C13H14N4O2.ClH/c1-7-15-10-4-9(14)3-2-8(10)6-17(7)11-5-12(18)16-13(11)19;/h2-4,11H,5-6,14H2,1H3,(H,16,18,19);1H. The van der Waals surface area contributed by atoms with Gasteiger partial charge >= 0.3 is 0 Å². The van der Waals surface area contributed by atoms with Crippen molar-refractivity contribution < 1.29 is 9.59 Å². The minimum Gasteiger partial charge on any atom is -0.399 e. The van der Waals surface area contributed by atoms with E-state index in [-0.39, 0.29) is 30.6 Å². The molecule has 1 saturated heterocycles. The summed E-state index contributed by atoms with van der Waals surface area (Å²) in [5, 5.41) is 2.32. The van der Waals surface area contributed by atoms with Crippen molar-refractivity contribution in [1.29, 1.82) is 0 Å². The van der Waals surface area contributed by atoms with E-state index < -0.39 is 6.04 Å². The molecule has 2 heterocycles. The van der Waals surface area contributed by atoms with Gasteiger partial charge in [0, 0.05) is 12.2 Å². The number of nitrogens with zero attached hydrogens (tertiary/aromatic N) is 2. The zero-order valence-corrected chi connectivity index (χ0v) is 11.7. The first-order chi connectivity index (χ1) is 9.04. The Morgan fingerprint density at radius 2 is 2.15 bits per heavy atom. The second kappa shape index (κ2) is 5.13. The van der Waals surface area contributed by atoms with E-state index in [4.69, 9.17) is 5.73 Å². The van der Waals surface area contributed by atoms with Gasteiger partial charge in [-0.25, -0.2) is 4.99 Å². The Morgan fingerprint density at radius 1 is 1.40 bits per heavy atom. The molecule has 6 nitrogen and oxygen atoms in total. The topological polar surface area (TPSA) is 87.8 Å². The zero-order chi connectivity index (χ0) is 13.6. The number of imide groups is 1. The minimum absolute atomic E-state index is 0. The summed E-state index contributed by atoms with van der Waals surface area (Å²) in [6.45, 7) is 2.40. The van der Waals surface area contributed by atoms with Gasteiger partial charge in [-0.3, -0.25) is 14.9 Å². The fourth-order valence-corrected chi connectivity index (χ4v) is 2.48. The molecule has 7 heteroatoms. The van der Waals surface area contributed by atoms with Crippen LogP contribution in [0.4, 0.5) is 11.4 Å². The molecule has 2 aliphatic heterocycles. The molecule has 0 spiro atoms. The van der Waals surface area contributed by atoms with Gasteiger partial charge in [-0.1, -0.05) is 6.07 Å². The van der Waals surface area contributed by atoms with E-state index in [1.54, 1.807) is 0 Å². The number of hydrogen-bond donors (Lipinski definition) is 2. The van der Waals surface area contributed by atoms with Gasteiger partial charge in [0.05, 0.1) is 12.1 Å². The molecule has 0 bridgehead atoms. The van der Waals surface area contributed by atoms with Gasteiger partial charge < -0.3 is 10.6 Å². The molecule has 2 aliphatic rings. The van der Waals surface area contributed by atoms with Crippen LogP contribution in [-0.2, 0) is 16.1 Å². The van der Waals surface area contributed by atoms with Gasteiger partial charge in [0.25, 0.3) is 0 Å². The number of nitrogens with one attached hydrogen (secondary N) is 1. The number of aliphatic imine (C=N–C) groups is 1. The predicted octanol–water partition coefficient (Wildman–Crippen LogP) is 0.971. The highest BCUT2D eigenvalue weighted by Gasteiger charge is 2.37. The zero-order valence-electron chi connectivity index (χ0n) is 10.9. The molecule has 0 aromatic heterocycles. The van der Waals surface area contributed by atoms with E-state index in [0.717, 1.165) is 17.1 Å². The summed E-state index contributed by atoms with van der Waals surface area (Å²) in [5.41, 5.74) is 8.24. The normalized spacial score (nSPS) is 20.9. The van der Waals surface area contributed by atoms with Crippen LogP contribution in [0.5, 0.6) is 0 Å². The summed E-state index contributed by atoms with van der Waals surface area (Å²) in [6, 6.07) is 5.08. The Kier molecular flexibility index (Phi) is 3.67. The highest BCUT2D eigenvalue weighted by Crippen LogP contribution is 2.30. The van der Waals surface area contributed by atoms with Gasteiger partial charge in [0.2, 0.25) is 11.8 Å². The summed E-state index contributed by atoms with van der Waals surface area (Å²) in [6.07, 6.45) is 0.190. The lowest BCUT2D eigenvalue weighted by atomic mass is 10.1. The van der Waals surface area contributed by atoms with Gasteiger partial charge in [0.1, 0.15) is 11.9 Å². The van der Waals surface area contributed by atoms with Crippen LogP contribution in [0, 0.1) is 0 Å². The maximum atomic E-state index is 11.7. The second-order valence-electron chi connectivity index (χ2n) is 4.81. The van der Waals surface area contributed by atoms with E-state index in [9.17, 15) is 9.59 Å². The number of halogens is 1. The van der Waals surface area contributed by atoms with Crippen molar-refractivity contribution in [3.63, 3.8) is 0 Å². The number of fused-ring (bicyclic) bond motifs is 1. The number of amidine groups is 1. The maximum absolute atomic E-state index is 11.7. The highest BCUT2D eigenvalue weighted by atomic mass is 35.5. The summed E-state index contributed by atoms with van der Waals surface area (Å²) in [7, 11) is 0. The Bertz CT molecular complexity index is 614. The van der Waals surface area contributed by atoms with Crippen LogP contribution in [0.2, 0.25) is 0 Å². The smallest absolute Gasteiger partial charge is 0.249 e. The first kappa shape index (κ1) is 14.3. The lowest BCUT2D eigenvalue weighted by molar-refractivity contribution is -0.125. The summed E-state index contributed by atoms with van der Waals surface area (Å²) < 4.78 is 0. The number of carbonyl (C=O) groups is 2. The number of nitrogen functional groups attached to an aromatic ring is 1. The van der Waals surface area contributed by atoms with Crippen LogP contribution in [-0.4, -0.2) is 28.6 Å². The van der Waals surface area contributed by atoms with Gasteiger partial charge in [-0.15, -0.1) is 12.4 Å². The van der Waals surface area contributed by atoms with Crippen molar-refractivity contribution in [2.45, 2.75) is 25.9 Å². The summed E-state index contributed by atoms with van der Waals surface area (Å²) in [5.74, 6) is 0.247. The largest absolute Gasteiger partial charge is 0.399 e. The van der Waals surface area contributed by atoms with E-state index in [0.29, 0.717) is 12.2 Å². The van der Waals surface area contributed by atoms with Crippen LogP contribution in [0.1, 0.15) is 18.9 Å². The highest BCUT2D eigenvalue weighted by molar-refractivity contribution is 6.07. The third-order valence-corrected chi connectivity index (χ3v) is 3.47. The third kappa shape index (κ3) is 2.34. The van der Waals surface area contributed by atoms with Crippen LogP contribution in [0.15, 0.2) is 23.2 Å². The maximum Gasteiger partial charge on any atom is 0.249 e. The number of rotatable bonds is 1. The molecule has 1 unspecified atom stereocenters. The lowest BCUT2D eigenvalue weighted by Crippen LogP contribution is -2.44. The summed E-state index contributed by atoms with van der Waals surface area (Å²) >= 11 is 0. The van der Waals surface area contributed by atoms with Crippen LogP contribution in [0.25, 0.3) is 0 Å². The van der Waals surface area contributed by atoms with Crippen molar-refractivity contribution in [3.8, 4) is 0 Å². The first-order valence-electron chi connectivity index (χ1n) is 6.08. The number of hydrogen-bond acceptors (Lipinski definition) is 5. The molecule has 2 amide bonds. The fraction of sp³-hybridized carbons (Fsp3) is 0.308. The van der Waals surface area contributed by atoms with Crippen molar-refractivity contribution in [1.82, 2.24) is 10.2 Å². The minimum atomic E-state index is -0.457. The third-order valence-electron chi connectivity index (χ3n) is 3.47. The van der Waals surface area contributed by atoms with Crippen molar-refractivity contribution in [2.75, 3.05) is 5.73 Å². The number of benzene rings is 1. The summed E-state index contributed by atoms with van der Waals surface area (Å²) in [4.78, 5) is 29.4. The Morgan fingerprint density at radius 3 is 2.80 bits per heavy atom. The van der Waals surface area contributed by atoms with Crippen molar-refractivity contribution in [3.05, 3.63) is 23.8 Å². The molecule has 1 atom stereocenters. The molecular weight excluding hydrogens is 280 g/mol. The molecule has 1 fully saturated rings. The fourth-order valence-electron chi connectivity index (χ4n) is 2.48. The molecular formula is C13H15ClN4O2. The molecule has 106 valence electrons. The Balaban J connectivity index is 0.00000147. The number of anilines is 1. The van der Waals surface area contributed by atoms with E-state index in [2.05, 4.69) is 10.3 Å². The van der Waals surface area contributed by atoms with Crippen molar-refractivity contribution >= 4 is 41.4 Å². The first-order valence-corrected chi connectivity index (χ1v) is 6.08. The molecule has 3 N–H and O–H groups in total. The monoisotopic (exact) mass is 294 g/mol. The molecule has 1 aromatic carbocycles. The molecule has 20 heavy (non-hydrogen) atoms. The quantitative estimate of drug-likeness (QED) is 0.597. The molecule has 0 radical (unpaired) electrons. The van der Waals surface area contributed by atoms with Crippen LogP contribution >= 0.6 is 12.4 Å². The SMILES string of the molecule is CC1=Nc2cc(N)ccc2CN1C1CC(=O)NC1=O.Cl. The van der Waals surface area contributed by atoms with Gasteiger partial charge in [-0.05, 0) is 24.6 Å². The number of nitrogens with two attached hydrogens (primary N) is 1. The number of carbonyl (C=O) groups excluding carboxylic acids is 2. The van der Waals surface area contributed by atoms with Crippen molar-refractivity contribution in [2.24, 2.45) is 4.99 Å². The van der Waals surface area contributed by atoms with E-state index >= 15 is 0 Å². The Hall–Kier alpha value is -2.08. The van der Waals surface area contributed by atoms with Crippen LogP contribution < -0.4 is 11.1 Å². The average Bonchev–Trinajstić information content (AvgIpc) is 2.67. The molecule has 0 saturated carbocycles. The van der Waals surface area contributed by atoms with Gasteiger partial charge in [-0.2, -0.15) is 0 Å². The molecule has 0 aliphatic carbocycles. The van der Waals surface area contributed by atoms with Gasteiger partial charge in [0.15, 0.2) is 0 Å². The molecule has 1 aromatic rings. The lowest BCUT2D eigenvalue weighted by Gasteiger charge is -2.32. The second-order valence-corrected chi connectivity index (χ2v) is 4.81. The Labute approximate surface area is 122 Å².